The van der Waals surface area contributed by atoms with Crippen molar-refractivity contribution in [2.45, 2.75) is 96.8 Å². The Labute approximate surface area is 121 Å². The number of hydrogen-bond donors (Lipinski definition) is 1. The van der Waals surface area contributed by atoms with Crippen molar-refractivity contribution in [3.05, 3.63) is 0 Å². The van der Waals surface area contributed by atoms with Gasteiger partial charge < -0.3 is 5.32 Å². The van der Waals surface area contributed by atoms with E-state index in [1.54, 1.807) is 0 Å². The molecule has 0 aromatic heterocycles. The van der Waals surface area contributed by atoms with E-state index in [0.29, 0.717) is 0 Å². The zero-order chi connectivity index (χ0) is 13.6. The molecule has 0 spiro atoms. The summed E-state index contributed by atoms with van der Waals surface area (Å²) >= 11 is 0. The molecule has 0 aromatic carbocycles. The molecule has 1 nitrogen and oxygen atoms in total. The lowest BCUT2D eigenvalue weighted by molar-refractivity contribution is 0.364. The van der Waals surface area contributed by atoms with E-state index in [1.165, 1.54) is 103 Å². The third kappa shape index (κ3) is 10.4. The van der Waals surface area contributed by atoms with Crippen molar-refractivity contribution in [3.63, 3.8) is 0 Å². The Hall–Kier alpha value is -0.0400. The molecule has 0 saturated heterocycles. The van der Waals surface area contributed by atoms with E-state index in [9.17, 15) is 0 Å². The fourth-order valence-corrected chi connectivity index (χ4v) is 3.35. The van der Waals surface area contributed by atoms with Crippen molar-refractivity contribution in [3.8, 4) is 0 Å². The fourth-order valence-electron chi connectivity index (χ4n) is 3.35. The summed E-state index contributed by atoms with van der Waals surface area (Å²) < 4.78 is 0. The summed E-state index contributed by atoms with van der Waals surface area (Å²) in [6.45, 7) is 4.69. The molecule has 1 heteroatoms. The predicted octanol–water partition coefficient (Wildman–Crippen LogP) is 5.69. The Kier molecular flexibility index (Phi) is 11.6. The Morgan fingerprint density at radius 3 is 1.79 bits per heavy atom. The van der Waals surface area contributed by atoms with Gasteiger partial charge in [0.15, 0.2) is 0 Å². The average Bonchev–Trinajstić information content (AvgIpc) is 2.41. The second-order valence-corrected chi connectivity index (χ2v) is 6.52. The molecule has 0 atom stereocenters. The molecule has 1 saturated carbocycles. The van der Waals surface area contributed by atoms with Crippen molar-refractivity contribution in [1.29, 1.82) is 0 Å². The molecular formula is C18H37N. The van der Waals surface area contributed by atoms with Crippen LogP contribution in [0.1, 0.15) is 96.8 Å². The first-order valence-corrected chi connectivity index (χ1v) is 9.14. The van der Waals surface area contributed by atoms with Crippen LogP contribution in [0.3, 0.4) is 0 Å². The zero-order valence-electron chi connectivity index (χ0n) is 13.4. The molecule has 1 aliphatic carbocycles. The van der Waals surface area contributed by atoms with Crippen LogP contribution in [0.25, 0.3) is 0 Å². The van der Waals surface area contributed by atoms with Gasteiger partial charge in [-0.15, -0.1) is 0 Å². The van der Waals surface area contributed by atoms with E-state index in [-0.39, 0.29) is 0 Å². The standard InChI is InChI=1S/C18H37N/c1-2-16-19-17-12-15-18-13-10-8-6-4-3-5-7-9-11-14-18/h18-19H,2-17H2,1H3. The number of nitrogens with one attached hydrogen (secondary N) is 1. The maximum absolute atomic E-state index is 3.54. The van der Waals surface area contributed by atoms with Crippen LogP contribution in [-0.2, 0) is 0 Å². The summed E-state index contributed by atoms with van der Waals surface area (Å²) in [5.41, 5.74) is 0. The smallest absolute Gasteiger partial charge is 0.00488 e. The monoisotopic (exact) mass is 267 g/mol. The first-order valence-electron chi connectivity index (χ1n) is 9.14. The molecule has 0 amide bonds. The van der Waals surface area contributed by atoms with E-state index < -0.39 is 0 Å². The van der Waals surface area contributed by atoms with Gasteiger partial charge in [-0.1, -0.05) is 77.6 Å². The Morgan fingerprint density at radius 1 is 0.737 bits per heavy atom. The van der Waals surface area contributed by atoms with Gasteiger partial charge in [0.25, 0.3) is 0 Å². The van der Waals surface area contributed by atoms with Crippen molar-refractivity contribution in [1.82, 2.24) is 5.32 Å². The minimum Gasteiger partial charge on any atom is -0.317 e. The van der Waals surface area contributed by atoms with Gasteiger partial charge in [-0.3, -0.25) is 0 Å². The van der Waals surface area contributed by atoms with Gasteiger partial charge in [-0.25, -0.2) is 0 Å². The van der Waals surface area contributed by atoms with Gasteiger partial charge >= 0.3 is 0 Å². The molecule has 1 N–H and O–H groups in total. The third-order valence-electron chi connectivity index (χ3n) is 4.62. The molecule has 114 valence electrons. The van der Waals surface area contributed by atoms with Crippen molar-refractivity contribution in [2.75, 3.05) is 13.1 Å². The molecule has 0 heterocycles. The molecule has 1 aliphatic rings. The minimum absolute atomic E-state index is 1.03. The normalized spacial score (nSPS) is 20.7. The van der Waals surface area contributed by atoms with E-state index in [1.807, 2.05) is 0 Å². The molecule has 1 fully saturated rings. The predicted molar refractivity (Wildman–Crippen MR) is 86.7 cm³/mol. The molecule has 1 rings (SSSR count). The summed E-state index contributed by atoms with van der Waals surface area (Å²) in [7, 11) is 0. The molecule has 0 aliphatic heterocycles. The first-order chi connectivity index (χ1) is 9.43. The van der Waals surface area contributed by atoms with E-state index in [2.05, 4.69) is 12.2 Å². The van der Waals surface area contributed by atoms with Crippen LogP contribution in [0.2, 0.25) is 0 Å². The highest BCUT2D eigenvalue weighted by Crippen LogP contribution is 2.24. The lowest BCUT2D eigenvalue weighted by Gasteiger charge is -2.18. The highest BCUT2D eigenvalue weighted by Gasteiger charge is 2.09. The molecule has 0 aromatic rings. The first kappa shape index (κ1) is 17.0. The van der Waals surface area contributed by atoms with Crippen LogP contribution in [0, 0.1) is 5.92 Å². The second-order valence-electron chi connectivity index (χ2n) is 6.52. The molecule has 0 radical (unpaired) electrons. The lowest BCUT2D eigenvalue weighted by atomic mass is 9.89. The quantitative estimate of drug-likeness (QED) is 0.610. The average molecular weight is 268 g/mol. The lowest BCUT2D eigenvalue weighted by Crippen LogP contribution is -2.17. The summed E-state index contributed by atoms with van der Waals surface area (Å²) in [5, 5.41) is 3.54. The number of rotatable bonds is 6. The van der Waals surface area contributed by atoms with Gasteiger partial charge in [0, 0.05) is 0 Å². The highest BCUT2D eigenvalue weighted by molar-refractivity contribution is 4.63. The van der Waals surface area contributed by atoms with Gasteiger partial charge in [-0.2, -0.15) is 0 Å². The maximum atomic E-state index is 3.54. The maximum Gasteiger partial charge on any atom is -0.00488 e. The van der Waals surface area contributed by atoms with Crippen LogP contribution >= 0.6 is 0 Å². The topological polar surface area (TPSA) is 12.0 Å². The van der Waals surface area contributed by atoms with Crippen LogP contribution in [0.5, 0.6) is 0 Å². The second kappa shape index (κ2) is 13.0. The SMILES string of the molecule is CCCNCCCC1CCCCCCCCCCC1. The summed E-state index contributed by atoms with van der Waals surface area (Å²) in [6.07, 6.45) is 20.6. The molecular weight excluding hydrogens is 230 g/mol. The van der Waals surface area contributed by atoms with Crippen LogP contribution in [0.15, 0.2) is 0 Å². The van der Waals surface area contributed by atoms with E-state index in [4.69, 9.17) is 0 Å². The van der Waals surface area contributed by atoms with Gasteiger partial charge in [-0.05, 0) is 38.3 Å². The molecule has 19 heavy (non-hydrogen) atoms. The largest absolute Gasteiger partial charge is 0.317 e. The fraction of sp³-hybridized carbons (Fsp3) is 1.00. The zero-order valence-corrected chi connectivity index (χ0v) is 13.4. The summed E-state index contributed by atoms with van der Waals surface area (Å²) in [6, 6.07) is 0. The van der Waals surface area contributed by atoms with Crippen molar-refractivity contribution in [2.24, 2.45) is 5.92 Å². The van der Waals surface area contributed by atoms with Crippen LogP contribution in [0.4, 0.5) is 0 Å². The van der Waals surface area contributed by atoms with Gasteiger partial charge in [0.2, 0.25) is 0 Å². The minimum atomic E-state index is 1.03. The third-order valence-corrected chi connectivity index (χ3v) is 4.62. The molecule has 0 unspecified atom stereocenters. The Balaban J connectivity index is 2.11. The Bertz CT molecular complexity index is 167. The van der Waals surface area contributed by atoms with Crippen molar-refractivity contribution < 1.29 is 0 Å². The van der Waals surface area contributed by atoms with Crippen molar-refractivity contribution >= 4 is 0 Å². The van der Waals surface area contributed by atoms with E-state index >= 15 is 0 Å². The highest BCUT2D eigenvalue weighted by atomic mass is 14.8. The molecule has 0 bridgehead atoms. The van der Waals surface area contributed by atoms with Crippen LogP contribution < -0.4 is 5.32 Å². The van der Waals surface area contributed by atoms with E-state index in [0.717, 1.165) is 5.92 Å². The number of hydrogen-bond acceptors (Lipinski definition) is 1. The summed E-state index contributed by atoms with van der Waals surface area (Å²) in [5.74, 6) is 1.03. The van der Waals surface area contributed by atoms with Gasteiger partial charge in [0.05, 0.1) is 0 Å². The van der Waals surface area contributed by atoms with Gasteiger partial charge in [0.1, 0.15) is 0 Å². The summed E-state index contributed by atoms with van der Waals surface area (Å²) in [4.78, 5) is 0. The Morgan fingerprint density at radius 2 is 1.26 bits per heavy atom. The van der Waals surface area contributed by atoms with Crippen LogP contribution in [-0.4, -0.2) is 13.1 Å².